The fourth-order valence-electron chi connectivity index (χ4n) is 2.27. The lowest BCUT2D eigenvalue weighted by Crippen LogP contribution is -2.31. The summed E-state index contributed by atoms with van der Waals surface area (Å²) in [5.74, 6) is 0. The predicted molar refractivity (Wildman–Crippen MR) is 106 cm³/mol. The molecule has 0 radical (unpaired) electrons. The van der Waals surface area contributed by atoms with E-state index < -0.39 is 6.09 Å². The van der Waals surface area contributed by atoms with E-state index in [0.717, 1.165) is 10.0 Å². The molecule has 0 unspecified atom stereocenters. The van der Waals surface area contributed by atoms with E-state index in [4.69, 9.17) is 4.74 Å². The molecule has 2 aromatic carbocycles. The van der Waals surface area contributed by atoms with E-state index in [1.807, 2.05) is 24.3 Å². The van der Waals surface area contributed by atoms with Crippen LogP contribution in [0.4, 0.5) is 21.0 Å². The zero-order chi connectivity index (χ0) is 19.1. The summed E-state index contributed by atoms with van der Waals surface area (Å²) < 4.78 is 5.92. The second kappa shape index (κ2) is 9.24. The Morgan fingerprint density at radius 1 is 1.08 bits per heavy atom. The summed E-state index contributed by atoms with van der Waals surface area (Å²) in [6.45, 7) is 2.56. The van der Waals surface area contributed by atoms with Gasteiger partial charge in [0.1, 0.15) is 0 Å². The average Bonchev–Trinajstić information content (AvgIpc) is 2.63. The van der Waals surface area contributed by atoms with Crippen LogP contribution in [0.1, 0.15) is 12.5 Å². The minimum Gasteiger partial charge on any atom is -0.449 e. The quantitative estimate of drug-likeness (QED) is 0.763. The molecule has 0 saturated heterocycles. The highest BCUT2D eigenvalue weighted by Crippen LogP contribution is 2.20. The van der Waals surface area contributed by atoms with Gasteiger partial charge in [0, 0.05) is 36.5 Å². The molecule has 0 heterocycles. The molecule has 26 heavy (non-hydrogen) atoms. The van der Waals surface area contributed by atoms with Gasteiger partial charge in [0.25, 0.3) is 0 Å². The molecule has 0 spiro atoms. The zero-order valence-corrected chi connectivity index (χ0v) is 16.6. The number of carbonyl (C=O) groups excluding carboxylic acids is 2. The molecular weight excluding hydrogens is 398 g/mol. The summed E-state index contributed by atoms with van der Waals surface area (Å²) in [5.41, 5.74) is 2.36. The first-order valence-electron chi connectivity index (χ1n) is 8.18. The number of anilines is 2. The van der Waals surface area contributed by atoms with Crippen molar-refractivity contribution in [3.63, 3.8) is 0 Å². The molecule has 138 valence electrons. The maximum absolute atomic E-state index is 12.4. The molecule has 0 aliphatic rings. The fourth-order valence-corrected chi connectivity index (χ4v) is 2.68. The highest BCUT2D eigenvalue weighted by Gasteiger charge is 2.13. The average molecular weight is 420 g/mol. The first-order chi connectivity index (χ1) is 12.4. The van der Waals surface area contributed by atoms with Gasteiger partial charge in [0.15, 0.2) is 0 Å². The van der Waals surface area contributed by atoms with Crippen LogP contribution >= 0.6 is 15.9 Å². The summed E-state index contributed by atoms with van der Waals surface area (Å²) >= 11 is 3.48. The second-order valence-electron chi connectivity index (χ2n) is 5.68. The van der Waals surface area contributed by atoms with E-state index in [1.165, 1.54) is 4.90 Å². The van der Waals surface area contributed by atoms with Crippen molar-refractivity contribution in [2.75, 3.05) is 30.9 Å². The van der Waals surface area contributed by atoms with E-state index in [9.17, 15) is 9.59 Å². The molecule has 2 rings (SSSR count). The van der Waals surface area contributed by atoms with Crippen molar-refractivity contribution in [2.45, 2.75) is 13.5 Å². The second-order valence-corrected chi connectivity index (χ2v) is 6.54. The van der Waals surface area contributed by atoms with Gasteiger partial charge < -0.3 is 15.0 Å². The van der Waals surface area contributed by atoms with Crippen LogP contribution in [-0.4, -0.2) is 37.7 Å². The molecule has 0 aliphatic carbocycles. The normalized spacial score (nSPS) is 10.2. The van der Waals surface area contributed by atoms with Crippen LogP contribution < -0.4 is 10.2 Å². The van der Waals surface area contributed by atoms with Crippen molar-refractivity contribution in [3.8, 4) is 0 Å². The van der Waals surface area contributed by atoms with Crippen molar-refractivity contribution in [1.82, 2.24) is 4.90 Å². The topological polar surface area (TPSA) is 61.9 Å². The van der Waals surface area contributed by atoms with Gasteiger partial charge in [-0.25, -0.2) is 9.59 Å². The summed E-state index contributed by atoms with van der Waals surface area (Å²) in [6, 6.07) is 14.6. The number of amides is 3. The van der Waals surface area contributed by atoms with Gasteiger partial charge in [0.2, 0.25) is 0 Å². The van der Waals surface area contributed by atoms with Crippen molar-refractivity contribution in [3.05, 3.63) is 58.6 Å². The van der Waals surface area contributed by atoms with Crippen LogP contribution in [0.15, 0.2) is 53.0 Å². The van der Waals surface area contributed by atoms with Crippen LogP contribution in [0.3, 0.4) is 0 Å². The first kappa shape index (κ1) is 19.8. The number of hydrogen-bond acceptors (Lipinski definition) is 3. The Morgan fingerprint density at radius 2 is 1.73 bits per heavy atom. The highest BCUT2D eigenvalue weighted by molar-refractivity contribution is 9.10. The molecule has 0 fully saturated rings. The Hall–Kier alpha value is -2.54. The lowest BCUT2D eigenvalue weighted by molar-refractivity contribution is 0.161. The largest absolute Gasteiger partial charge is 0.449 e. The zero-order valence-electron chi connectivity index (χ0n) is 15.0. The number of ether oxygens (including phenoxy) is 1. The summed E-state index contributed by atoms with van der Waals surface area (Å²) in [6.07, 6.45) is -0.419. The van der Waals surface area contributed by atoms with Gasteiger partial charge in [-0.05, 0) is 42.8 Å². The van der Waals surface area contributed by atoms with Crippen LogP contribution in [-0.2, 0) is 11.3 Å². The Bertz CT molecular complexity index is 765. The maximum atomic E-state index is 12.4. The molecule has 0 saturated carbocycles. The molecule has 7 heteroatoms. The minimum atomic E-state index is -0.419. The number of nitrogens with zero attached hydrogens (tertiary/aromatic N) is 2. The SMILES string of the molecule is CCOC(=O)N(C)c1ccc(NC(=O)N(C)Cc2ccccc2Br)cc1. The Morgan fingerprint density at radius 3 is 2.35 bits per heavy atom. The van der Waals surface area contributed by atoms with Crippen LogP contribution in [0.25, 0.3) is 0 Å². The van der Waals surface area contributed by atoms with Gasteiger partial charge >= 0.3 is 12.1 Å². The standard InChI is InChI=1S/C19H22BrN3O3/c1-4-26-19(25)23(3)16-11-9-15(10-12-16)21-18(24)22(2)13-14-7-5-6-8-17(14)20/h5-12H,4,13H2,1-3H3,(H,21,24). The van der Waals surface area contributed by atoms with Gasteiger partial charge in [-0.15, -0.1) is 0 Å². The number of halogens is 1. The molecular formula is C19H22BrN3O3. The smallest absolute Gasteiger partial charge is 0.413 e. The Kier molecular flexibility index (Phi) is 7.03. The van der Waals surface area contributed by atoms with E-state index in [1.54, 1.807) is 50.2 Å². The number of benzene rings is 2. The van der Waals surface area contributed by atoms with Crippen LogP contribution in [0.5, 0.6) is 0 Å². The number of rotatable bonds is 5. The van der Waals surface area contributed by atoms with Gasteiger partial charge in [-0.2, -0.15) is 0 Å². The molecule has 2 aromatic rings. The maximum Gasteiger partial charge on any atom is 0.413 e. The van der Waals surface area contributed by atoms with Gasteiger partial charge in [-0.1, -0.05) is 34.1 Å². The van der Waals surface area contributed by atoms with E-state index in [2.05, 4.69) is 21.2 Å². The Labute approximate surface area is 161 Å². The van der Waals surface area contributed by atoms with Gasteiger partial charge in [-0.3, -0.25) is 4.90 Å². The fraction of sp³-hybridized carbons (Fsp3) is 0.263. The summed E-state index contributed by atoms with van der Waals surface area (Å²) in [7, 11) is 3.37. The molecule has 3 amide bonds. The monoisotopic (exact) mass is 419 g/mol. The van der Waals surface area contributed by atoms with Crippen LogP contribution in [0.2, 0.25) is 0 Å². The summed E-state index contributed by atoms with van der Waals surface area (Å²) in [5, 5.41) is 2.84. The lowest BCUT2D eigenvalue weighted by Gasteiger charge is -2.20. The Balaban J connectivity index is 1.96. The third-order valence-electron chi connectivity index (χ3n) is 3.76. The van der Waals surface area contributed by atoms with Gasteiger partial charge in [0.05, 0.1) is 6.61 Å². The summed E-state index contributed by atoms with van der Waals surface area (Å²) in [4.78, 5) is 27.1. The number of nitrogens with one attached hydrogen (secondary N) is 1. The lowest BCUT2D eigenvalue weighted by atomic mass is 10.2. The van der Waals surface area contributed by atoms with Crippen molar-refractivity contribution < 1.29 is 14.3 Å². The number of hydrogen-bond donors (Lipinski definition) is 1. The molecule has 6 nitrogen and oxygen atoms in total. The van der Waals surface area contributed by atoms with Crippen molar-refractivity contribution >= 4 is 39.4 Å². The molecule has 1 N–H and O–H groups in total. The highest BCUT2D eigenvalue weighted by atomic mass is 79.9. The molecule has 0 atom stereocenters. The van der Waals surface area contributed by atoms with Crippen molar-refractivity contribution in [1.29, 1.82) is 0 Å². The van der Waals surface area contributed by atoms with E-state index in [0.29, 0.717) is 24.5 Å². The molecule has 0 bridgehead atoms. The van der Waals surface area contributed by atoms with E-state index >= 15 is 0 Å². The molecule has 0 aliphatic heterocycles. The minimum absolute atomic E-state index is 0.216. The number of carbonyl (C=O) groups is 2. The third kappa shape index (κ3) is 5.23. The van der Waals surface area contributed by atoms with E-state index in [-0.39, 0.29) is 6.03 Å². The number of urea groups is 1. The van der Waals surface area contributed by atoms with Crippen molar-refractivity contribution in [2.24, 2.45) is 0 Å². The van der Waals surface area contributed by atoms with Crippen LogP contribution in [0, 0.1) is 0 Å². The third-order valence-corrected chi connectivity index (χ3v) is 4.53. The first-order valence-corrected chi connectivity index (χ1v) is 8.97. The predicted octanol–water partition coefficient (Wildman–Crippen LogP) is 4.71. The molecule has 0 aromatic heterocycles.